The van der Waals surface area contributed by atoms with E-state index in [9.17, 15) is 13.0 Å². The van der Waals surface area contributed by atoms with Crippen LogP contribution in [0.3, 0.4) is 0 Å². The van der Waals surface area contributed by atoms with Crippen molar-refractivity contribution in [3.05, 3.63) is 36.4 Å². The molecular weight excluding hydrogens is 237 g/mol. The molecule has 0 aliphatic rings. The predicted molar refractivity (Wildman–Crippen MR) is 57.7 cm³/mol. The van der Waals surface area contributed by atoms with Gasteiger partial charge >= 0.3 is 29.6 Å². The van der Waals surface area contributed by atoms with Crippen LogP contribution in [0.2, 0.25) is 0 Å². The van der Waals surface area contributed by atoms with Crippen molar-refractivity contribution in [3.8, 4) is 0 Å². The van der Waals surface area contributed by atoms with Crippen LogP contribution in [0.25, 0.3) is 0 Å². The van der Waals surface area contributed by atoms with Crippen LogP contribution in [-0.2, 0) is 10.1 Å². The van der Waals surface area contributed by atoms with E-state index in [0.717, 1.165) is 5.69 Å². The maximum absolute atomic E-state index is 10.6. The van der Waals surface area contributed by atoms with Crippen molar-refractivity contribution in [2.45, 2.75) is 11.8 Å². The van der Waals surface area contributed by atoms with E-state index in [-0.39, 0.29) is 34.5 Å². The molecule has 1 aromatic carbocycles. The Balaban J connectivity index is 0.00000225. The van der Waals surface area contributed by atoms with Crippen LogP contribution >= 0.6 is 0 Å². The van der Waals surface area contributed by atoms with Crippen molar-refractivity contribution in [2.24, 2.45) is 0 Å². The minimum atomic E-state index is -4.34. The minimum absolute atomic E-state index is 0. The smallest absolute Gasteiger partial charge is 0.744 e. The van der Waals surface area contributed by atoms with Crippen LogP contribution in [0, 0.1) is 0 Å². The van der Waals surface area contributed by atoms with Gasteiger partial charge in [0.05, 0.1) is 4.90 Å². The molecule has 0 unspecified atom stereocenters. The second-order valence-corrected chi connectivity index (χ2v) is 4.31. The third-order valence-electron chi connectivity index (χ3n) is 1.80. The summed E-state index contributed by atoms with van der Waals surface area (Å²) in [5.41, 5.74) is 0.778. The maximum atomic E-state index is 10.6. The van der Waals surface area contributed by atoms with E-state index in [2.05, 4.69) is 5.32 Å². The molecule has 82 valence electrons. The van der Waals surface area contributed by atoms with E-state index in [1.807, 2.05) is 19.1 Å². The molecule has 0 atom stereocenters. The molecule has 0 bridgehead atoms. The molecule has 0 aliphatic carbocycles. The summed E-state index contributed by atoms with van der Waals surface area (Å²) in [6.45, 7) is 2.58. The molecule has 4 nitrogen and oxygen atoms in total. The Bertz CT molecular complexity index is 440. The number of rotatable bonds is 4. The summed E-state index contributed by atoms with van der Waals surface area (Å²) in [5.74, 6) is 0. The van der Waals surface area contributed by atoms with Gasteiger partial charge in [0.15, 0.2) is 0 Å². The number of hydrogen-bond acceptors (Lipinski definition) is 4. The number of benzene rings is 1. The fraction of sp³-hybridized carbons (Fsp3) is 0.200. The third-order valence-corrected chi connectivity index (χ3v) is 2.65. The van der Waals surface area contributed by atoms with Crippen LogP contribution in [0.5, 0.6) is 0 Å². The van der Waals surface area contributed by atoms with Crippen LogP contribution in [0.15, 0.2) is 41.3 Å². The Kier molecular flexibility index (Phi) is 6.94. The van der Waals surface area contributed by atoms with Crippen LogP contribution in [0.4, 0.5) is 5.69 Å². The molecule has 0 saturated heterocycles. The van der Waals surface area contributed by atoms with Crippen molar-refractivity contribution < 1.29 is 42.5 Å². The molecule has 0 spiro atoms. The van der Waals surface area contributed by atoms with Gasteiger partial charge in [-0.2, -0.15) is 0 Å². The summed E-state index contributed by atoms with van der Waals surface area (Å²) in [7, 11) is -4.34. The summed E-state index contributed by atoms with van der Waals surface area (Å²) in [6.07, 6.45) is 3.84. The van der Waals surface area contributed by atoms with E-state index in [1.165, 1.54) is 12.1 Å². The molecule has 0 amide bonds. The van der Waals surface area contributed by atoms with Crippen molar-refractivity contribution in [3.63, 3.8) is 0 Å². The molecule has 0 fully saturated rings. The van der Waals surface area contributed by atoms with Crippen molar-refractivity contribution in [1.82, 2.24) is 0 Å². The molecule has 0 heterocycles. The van der Waals surface area contributed by atoms with E-state index in [0.29, 0.717) is 6.54 Å². The summed E-state index contributed by atoms with van der Waals surface area (Å²) in [5, 5.41) is 3.04. The maximum Gasteiger partial charge on any atom is 1.00 e. The summed E-state index contributed by atoms with van der Waals surface area (Å²) in [4.78, 5) is -0.209. The second-order valence-electron chi connectivity index (χ2n) is 2.93. The van der Waals surface area contributed by atoms with Crippen LogP contribution in [-0.4, -0.2) is 19.5 Å². The Morgan fingerprint density at radius 2 is 1.88 bits per heavy atom. The fourth-order valence-corrected chi connectivity index (χ4v) is 1.50. The van der Waals surface area contributed by atoms with Gasteiger partial charge in [0.25, 0.3) is 0 Å². The van der Waals surface area contributed by atoms with Crippen LogP contribution in [0.1, 0.15) is 6.92 Å². The topological polar surface area (TPSA) is 69.2 Å². The first-order valence-electron chi connectivity index (χ1n) is 4.45. The van der Waals surface area contributed by atoms with Gasteiger partial charge in [-0.1, -0.05) is 12.2 Å². The van der Waals surface area contributed by atoms with Gasteiger partial charge in [0.2, 0.25) is 0 Å². The molecule has 0 saturated carbocycles. The number of allylic oxidation sites excluding steroid dienone is 1. The van der Waals surface area contributed by atoms with Crippen molar-refractivity contribution in [2.75, 3.05) is 11.9 Å². The monoisotopic (exact) mass is 249 g/mol. The van der Waals surface area contributed by atoms with E-state index in [4.69, 9.17) is 0 Å². The standard InChI is InChI=1S/C10H13NO3S.Na/c1-2-3-8-11-9-4-6-10(7-5-9)15(12,13)14;/h2-7,11H,8H2,1H3,(H,12,13,14);/q;+1/p-1. The van der Waals surface area contributed by atoms with Gasteiger partial charge in [-0.25, -0.2) is 8.42 Å². The SMILES string of the molecule is CC=CCNc1ccc(S(=O)(=O)[O-])cc1.[Na+]. The van der Waals surface area contributed by atoms with Gasteiger partial charge in [-0.3, -0.25) is 0 Å². The molecule has 0 radical (unpaired) electrons. The zero-order valence-corrected chi connectivity index (χ0v) is 12.1. The fourth-order valence-electron chi connectivity index (χ4n) is 1.03. The van der Waals surface area contributed by atoms with Gasteiger partial charge < -0.3 is 9.87 Å². The quantitative estimate of drug-likeness (QED) is 0.404. The van der Waals surface area contributed by atoms with Crippen molar-refractivity contribution >= 4 is 15.8 Å². The largest absolute Gasteiger partial charge is 1.00 e. The first kappa shape index (κ1) is 15.7. The molecule has 0 aliphatic heterocycles. The predicted octanol–water partition coefficient (Wildman–Crippen LogP) is -1.42. The molecule has 0 aromatic heterocycles. The molecule has 1 N–H and O–H groups in total. The zero-order valence-electron chi connectivity index (χ0n) is 9.30. The van der Waals surface area contributed by atoms with Gasteiger partial charge in [0.1, 0.15) is 10.1 Å². The first-order chi connectivity index (χ1) is 7.04. The number of hydrogen-bond donors (Lipinski definition) is 1. The van der Waals surface area contributed by atoms with E-state index in [1.54, 1.807) is 12.1 Å². The number of nitrogens with one attached hydrogen (secondary N) is 1. The normalized spacial score (nSPS) is 11.1. The summed E-state index contributed by atoms with van der Waals surface area (Å²) < 4.78 is 31.9. The first-order valence-corrected chi connectivity index (χ1v) is 5.86. The Labute approximate surface area is 118 Å². The molecule has 1 rings (SSSR count). The Morgan fingerprint density at radius 3 is 2.31 bits per heavy atom. The Hall–Kier alpha value is -0.330. The summed E-state index contributed by atoms with van der Waals surface area (Å²) in [6, 6.07) is 5.71. The zero-order chi connectivity index (χ0) is 11.3. The Morgan fingerprint density at radius 1 is 1.31 bits per heavy atom. The molecular formula is C10H12NNaO3S. The average molecular weight is 249 g/mol. The van der Waals surface area contributed by atoms with Crippen molar-refractivity contribution in [1.29, 1.82) is 0 Å². The van der Waals surface area contributed by atoms with Gasteiger partial charge in [0, 0.05) is 12.2 Å². The van der Waals surface area contributed by atoms with E-state index < -0.39 is 10.1 Å². The van der Waals surface area contributed by atoms with Gasteiger partial charge in [-0.05, 0) is 31.2 Å². The van der Waals surface area contributed by atoms with Gasteiger partial charge in [-0.15, -0.1) is 0 Å². The third kappa shape index (κ3) is 5.14. The van der Waals surface area contributed by atoms with Crippen LogP contribution < -0.4 is 34.9 Å². The molecule has 6 heteroatoms. The molecule has 1 aromatic rings. The molecule has 16 heavy (non-hydrogen) atoms. The summed E-state index contributed by atoms with van der Waals surface area (Å²) >= 11 is 0. The second kappa shape index (κ2) is 7.09. The van der Waals surface area contributed by atoms with E-state index >= 15 is 0 Å². The number of anilines is 1. The minimum Gasteiger partial charge on any atom is -0.744 e. The average Bonchev–Trinajstić information content (AvgIpc) is 2.18.